The lowest BCUT2D eigenvalue weighted by molar-refractivity contribution is 0.114. The van der Waals surface area contributed by atoms with Gasteiger partial charge in [-0.05, 0) is 68.4 Å². The van der Waals surface area contributed by atoms with E-state index in [0.717, 1.165) is 48.6 Å². The molecule has 0 amide bonds. The third-order valence-corrected chi connectivity index (χ3v) is 5.35. The van der Waals surface area contributed by atoms with Crippen LogP contribution in [0.2, 0.25) is 0 Å². The minimum atomic E-state index is 0.276. The van der Waals surface area contributed by atoms with Crippen molar-refractivity contribution < 1.29 is 9.47 Å². The van der Waals surface area contributed by atoms with Crippen molar-refractivity contribution in [2.45, 2.75) is 18.9 Å². The molecule has 1 N–H and O–H groups in total. The number of piperidine rings is 1. The highest BCUT2D eigenvalue weighted by atomic mass is 16.5. The van der Waals surface area contributed by atoms with E-state index in [1.54, 1.807) is 25.4 Å². The van der Waals surface area contributed by atoms with Crippen molar-refractivity contribution >= 4 is 11.6 Å². The number of hydrogen-bond donors (Lipinski definition) is 1. The molecule has 0 atom stereocenters. The summed E-state index contributed by atoms with van der Waals surface area (Å²) in [5.74, 6) is 1.90. The van der Waals surface area contributed by atoms with E-state index in [-0.39, 0.29) is 6.10 Å². The molecule has 7 heteroatoms. The standard InChI is InChI=1S/C24H25N5O2/c1-29-13-10-21(11-14-29)31-20-6-4-19(5-7-20)27-24-26-12-9-22(28-24)17-3-8-23(30-2)18(15-17)16-25/h3-9,12,15,21H,10-11,13-14H2,1-2H3,(H,26,27,28). The predicted molar refractivity (Wildman–Crippen MR) is 120 cm³/mol. The van der Waals surface area contributed by atoms with E-state index in [1.807, 2.05) is 36.4 Å². The second-order valence-electron chi connectivity index (χ2n) is 7.56. The zero-order valence-electron chi connectivity index (χ0n) is 17.7. The van der Waals surface area contributed by atoms with Crippen LogP contribution in [-0.4, -0.2) is 48.2 Å². The molecule has 2 aromatic carbocycles. The van der Waals surface area contributed by atoms with Crippen molar-refractivity contribution in [3.05, 3.63) is 60.3 Å². The molecule has 1 aromatic heterocycles. The molecule has 2 heterocycles. The minimum Gasteiger partial charge on any atom is -0.495 e. The highest BCUT2D eigenvalue weighted by molar-refractivity contribution is 5.65. The zero-order valence-corrected chi connectivity index (χ0v) is 17.7. The van der Waals surface area contributed by atoms with Gasteiger partial charge in [0.25, 0.3) is 0 Å². The Labute approximate surface area is 182 Å². The Hall–Kier alpha value is -3.63. The molecule has 0 saturated carbocycles. The Morgan fingerprint density at radius 3 is 2.58 bits per heavy atom. The van der Waals surface area contributed by atoms with Gasteiger partial charge >= 0.3 is 0 Å². The summed E-state index contributed by atoms with van der Waals surface area (Å²) in [6.45, 7) is 2.14. The second kappa shape index (κ2) is 9.45. The van der Waals surface area contributed by atoms with E-state index in [2.05, 4.69) is 33.3 Å². The normalized spacial score (nSPS) is 14.6. The number of aromatic nitrogens is 2. The average Bonchev–Trinajstić information content (AvgIpc) is 2.81. The van der Waals surface area contributed by atoms with Crippen LogP contribution in [0.5, 0.6) is 11.5 Å². The predicted octanol–water partition coefficient (Wildman–Crippen LogP) is 4.24. The first-order valence-electron chi connectivity index (χ1n) is 10.3. The van der Waals surface area contributed by atoms with Gasteiger partial charge in [0, 0.05) is 30.5 Å². The van der Waals surface area contributed by atoms with Crippen LogP contribution in [0, 0.1) is 11.3 Å². The molecule has 0 spiro atoms. The van der Waals surface area contributed by atoms with E-state index < -0.39 is 0 Å². The maximum absolute atomic E-state index is 9.32. The Morgan fingerprint density at radius 2 is 1.87 bits per heavy atom. The van der Waals surface area contributed by atoms with Crippen LogP contribution in [0.25, 0.3) is 11.3 Å². The number of methoxy groups -OCH3 is 1. The highest BCUT2D eigenvalue weighted by Crippen LogP contribution is 2.26. The van der Waals surface area contributed by atoms with E-state index in [0.29, 0.717) is 17.3 Å². The maximum atomic E-state index is 9.32. The van der Waals surface area contributed by atoms with Crippen molar-refractivity contribution in [2.75, 3.05) is 32.6 Å². The van der Waals surface area contributed by atoms with Crippen molar-refractivity contribution in [1.82, 2.24) is 14.9 Å². The molecule has 158 valence electrons. The van der Waals surface area contributed by atoms with Crippen molar-refractivity contribution in [1.29, 1.82) is 5.26 Å². The van der Waals surface area contributed by atoms with Gasteiger partial charge in [-0.3, -0.25) is 0 Å². The van der Waals surface area contributed by atoms with Crippen LogP contribution in [0.3, 0.4) is 0 Å². The number of likely N-dealkylation sites (tertiary alicyclic amines) is 1. The summed E-state index contributed by atoms with van der Waals surface area (Å²) in [6, 6.07) is 17.2. The summed E-state index contributed by atoms with van der Waals surface area (Å²) < 4.78 is 11.3. The number of anilines is 2. The number of nitrogens with zero attached hydrogens (tertiary/aromatic N) is 4. The molecule has 0 radical (unpaired) electrons. The lowest BCUT2D eigenvalue weighted by Gasteiger charge is -2.29. The topological polar surface area (TPSA) is 83.3 Å². The number of nitriles is 1. The van der Waals surface area contributed by atoms with E-state index in [9.17, 15) is 5.26 Å². The summed E-state index contributed by atoms with van der Waals surface area (Å²) in [4.78, 5) is 11.2. The van der Waals surface area contributed by atoms with Gasteiger partial charge in [-0.15, -0.1) is 0 Å². The molecule has 1 aliphatic heterocycles. The number of nitrogens with one attached hydrogen (secondary N) is 1. The highest BCUT2D eigenvalue weighted by Gasteiger charge is 2.17. The molecular formula is C24H25N5O2. The smallest absolute Gasteiger partial charge is 0.227 e. The van der Waals surface area contributed by atoms with Gasteiger partial charge in [-0.25, -0.2) is 9.97 Å². The van der Waals surface area contributed by atoms with Crippen LogP contribution in [0.1, 0.15) is 18.4 Å². The van der Waals surface area contributed by atoms with Gasteiger partial charge in [-0.1, -0.05) is 0 Å². The van der Waals surface area contributed by atoms with Gasteiger partial charge < -0.3 is 19.7 Å². The molecule has 31 heavy (non-hydrogen) atoms. The molecule has 4 rings (SSSR count). The number of benzene rings is 2. The van der Waals surface area contributed by atoms with Crippen LogP contribution in [0.4, 0.5) is 11.6 Å². The minimum absolute atomic E-state index is 0.276. The van der Waals surface area contributed by atoms with Gasteiger partial charge in [0.2, 0.25) is 5.95 Å². The molecule has 7 nitrogen and oxygen atoms in total. The summed E-state index contributed by atoms with van der Waals surface area (Å²) in [5, 5.41) is 12.5. The number of ether oxygens (including phenoxy) is 2. The zero-order chi connectivity index (χ0) is 21.6. The summed E-state index contributed by atoms with van der Waals surface area (Å²) in [5.41, 5.74) is 2.89. The molecular weight excluding hydrogens is 390 g/mol. The van der Waals surface area contributed by atoms with Crippen LogP contribution >= 0.6 is 0 Å². The fraction of sp³-hybridized carbons (Fsp3) is 0.292. The molecule has 0 bridgehead atoms. The summed E-state index contributed by atoms with van der Waals surface area (Å²) in [6.07, 6.45) is 4.07. The summed E-state index contributed by atoms with van der Waals surface area (Å²) in [7, 11) is 3.69. The first-order chi connectivity index (χ1) is 15.1. The average molecular weight is 415 g/mol. The molecule has 0 aliphatic carbocycles. The Morgan fingerprint density at radius 1 is 1.10 bits per heavy atom. The third kappa shape index (κ3) is 5.11. The van der Waals surface area contributed by atoms with Crippen LogP contribution < -0.4 is 14.8 Å². The second-order valence-corrected chi connectivity index (χ2v) is 7.56. The van der Waals surface area contributed by atoms with Crippen LogP contribution in [-0.2, 0) is 0 Å². The van der Waals surface area contributed by atoms with E-state index in [1.165, 1.54) is 0 Å². The SMILES string of the molecule is COc1ccc(-c2ccnc(Nc3ccc(OC4CCN(C)CC4)cc3)n2)cc1C#N. The summed E-state index contributed by atoms with van der Waals surface area (Å²) >= 11 is 0. The molecule has 1 aliphatic rings. The van der Waals surface area contributed by atoms with Crippen molar-refractivity contribution in [3.63, 3.8) is 0 Å². The third-order valence-electron chi connectivity index (χ3n) is 5.35. The van der Waals surface area contributed by atoms with Crippen molar-refractivity contribution in [2.24, 2.45) is 0 Å². The van der Waals surface area contributed by atoms with E-state index >= 15 is 0 Å². The Bertz CT molecular complexity index is 1070. The van der Waals surface area contributed by atoms with Crippen LogP contribution in [0.15, 0.2) is 54.7 Å². The first kappa shape index (κ1) is 20.6. The molecule has 1 fully saturated rings. The fourth-order valence-corrected chi connectivity index (χ4v) is 3.58. The van der Waals surface area contributed by atoms with Gasteiger partial charge in [0.05, 0.1) is 18.4 Å². The molecule has 1 saturated heterocycles. The Kier molecular flexibility index (Phi) is 6.29. The molecule has 0 unspecified atom stereocenters. The van der Waals surface area contributed by atoms with Gasteiger partial charge in [0.1, 0.15) is 23.7 Å². The van der Waals surface area contributed by atoms with Gasteiger partial charge in [-0.2, -0.15) is 5.26 Å². The largest absolute Gasteiger partial charge is 0.495 e. The fourth-order valence-electron chi connectivity index (χ4n) is 3.58. The van der Waals surface area contributed by atoms with Gasteiger partial charge in [0.15, 0.2) is 0 Å². The lowest BCUT2D eigenvalue weighted by Crippen LogP contribution is -2.35. The lowest BCUT2D eigenvalue weighted by atomic mass is 10.1. The maximum Gasteiger partial charge on any atom is 0.227 e. The van der Waals surface area contributed by atoms with Crippen molar-refractivity contribution in [3.8, 4) is 28.8 Å². The number of hydrogen-bond acceptors (Lipinski definition) is 7. The first-order valence-corrected chi connectivity index (χ1v) is 10.3. The van der Waals surface area contributed by atoms with E-state index in [4.69, 9.17) is 9.47 Å². The molecule has 3 aromatic rings. The Balaban J connectivity index is 1.44. The monoisotopic (exact) mass is 415 g/mol. The number of rotatable bonds is 6. The quantitative estimate of drug-likeness (QED) is 0.645.